The second-order valence-corrected chi connectivity index (χ2v) is 7.72. The number of hydrogen-bond donors (Lipinski definition) is 3. The highest BCUT2D eigenvalue weighted by Crippen LogP contribution is 2.21. The zero-order valence-corrected chi connectivity index (χ0v) is 17.2. The molecule has 0 aromatic heterocycles. The van der Waals surface area contributed by atoms with Gasteiger partial charge in [0.05, 0.1) is 12.1 Å². The number of hydrogen-bond acceptors (Lipinski definition) is 5. The van der Waals surface area contributed by atoms with E-state index in [1.807, 2.05) is 30.3 Å². The Balaban J connectivity index is 2.08. The number of ketones is 1. The number of nitrogens with two attached hydrogens (primary N) is 1. The first-order valence-electron chi connectivity index (χ1n) is 10.5. The summed E-state index contributed by atoms with van der Waals surface area (Å²) < 4.78 is 0. The number of carbonyl (C=O) groups excluding carboxylic acids is 2. The third-order valence-corrected chi connectivity index (χ3v) is 5.52. The van der Waals surface area contributed by atoms with Crippen LogP contribution in [0.25, 0.3) is 0 Å². The zero-order chi connectivity index (χ0) is 21.2. The van der Waals surface area contributed by atoms with Crippen LogP contribution in [0, 0.1) is 0 Å². The Hall–Kier alpha value is -2.25. The smallest absolute Gasteiger partial charge is 0.320 e. The highest BCUT2D eigenvalue weighted by atomic mass is 16.4. The molecule has 2 rings (SSSR count). The summed E-state index contributed by atoms with van der Waals surface area (Å²) in [7, 11) is 0. The van der Waals surface area contributed by atoms with Crippen LogP contribution in [0.4, 0.5) is 0 Å². The van der Waals surface area contributed by atoms with Gasteiger partial charge in [-0.15, -0.1) is 0 Å². The number of nitrogens with zero attached hydrogens (tertiary/aromatic N) is 1. The van der Waals surface area contributed by atoms with Crippen LogP contribution in [0.5, 0.6) is 0 Å². The molecule has 1 aliphatic rings. The summed E-state index contributed by atoms with van der Waals surface area (Å²) in [5, 5.41) is 12.8. The van der Waals surface area contributed by atoms with Crippen molar-refractivity contribution in [3.63, 3.8) is 0 Å². The van der Waals surface area contributed by atoms with Gasteiger partial charge < -0.3 is 15.7 Å². The average Bonchev–Trinajstić information content (AvgIpc) is 3.20. The molecule has 0 aliphatic carbocycles. The van der Waals surface area contributed by atoms with Gasteiger partial charge in [-0.1, -0.05) is 36.8 Å². The van der Waals surface area contributed by atoms with E-state index in [2.05, 4.69) is 5.32 Å². The van der Waals surface area contributed by atoms with Gasteiger partial charge in [0, 0.05) is 6.54 Å². The van der Waals surface area contributed by atoms with E-state index in [1.165, 1.54) is 6.92 Å². The maximum absolute atomic E-state index is 13.2. The van der Waals surface area contributed by atoms with Crippen LogP contribution in [0.3, 0.4) is 0 Å². The third kappa shape index (κ3) is 6.94. The van der Waals surface area contributed by atoms with Gasteiger partial charge in [-0.05, 0) is 57.6 Å². The topological polar surface area (TPSA) is 113 Å². The number of benzene rings is 1. The van der Waals surface area contributed by atoms with Crippen LogP contribution in [0.15, 0.2) is 30.3 Å². The molecule has 0 radical (unpaired) electrons. The molecular formula is C22H33N3O4. The Bertz CT molecular complexity index is 680. The van der Waals surface area contributed by atoms with E-state index in [0.717, 1.165) is 24.8 Å². The largest absolute Gasteiger partial charge is 0.480 e. The van der Waals surface area contributed by atoms with Crippen molar-refractivity contribution in [3.8, 4) is 0 Å². The summed E-state index contributed by atoms with van der Waals surface area (Å²) in [6, 6.07) is 7.84. The summed E-state index contributed by atoms with van der Waals surface area (Å²) in [5.41, 5.74) is 6.64. The van der Waals surface area contributed by atoms with Gasteiger partial charge >= 0.3 is 5.97 Å². The molecule has 0 spiro atoms. The number of amides is 1. The number of aryl methyl sites for hydroxylation is 1. The lowest BCUT2D eigenvalue weighted by Crippen LogP contribution is -2.54. The van der Waals surface area contributed by atoms with Crippen molar-refractivity contribution in [3.05, 3.63) is 35.9 Å². The molecular weight excluding hydrogens is 370 g/mol. The van der Waals surface area contributed by atoms with E-state index in [-0.39, 0.29) is 11.7 Å². The third-order valence-electron chi connectivity index (χ3n) is 5.52. The molecule has 1 amide bonds. The second kappa shape index (κ2) is 11.7. The minimum absolute atomic E-state index is 0.0181. The van der Waals surface area contributed by atoms with Gasteiger partial charge in [0.1, 0.15) is 6.04 Å². The Kier molecular flexibility index (Phi) is 9.28. The van der Waals surface area contributed by atoms with E-state index in [9.17, 15) is 19.5 Å². The van der Waals surface area contributed by atoms with Crippen LogP contribution in [-0.4, -0.2) is 58.9 Å². The second-order valence-electron chi connectivity index (χ2n) is 7.72. The Morgan fingerprint density at radius 2 is 1.90 bits per heavy atom. The number of nitrogens with one attached hydrogen (secondary N) is 1. The molecule has 3 atom stereocenters. The number of rotatable bonds is 12. The molecule has 7 heteroatoms. The fraction of sp³-hybridized carbons (Fsp3) is 0.591. The number of carbonyl (C=O) groups is 3. The number of aliphatic carboxylic acids is 1. The molecule has 0 bridgehead atoms. The van der Waals surface area contributed by atoms with Crippen LogP contribution < -0.4 is 11.1 Å². The van der Waals surface area contributed by atoms with Gasteiger partial charge in [0.15, 0.2) is 5.78 Å². The van der Waals surface area contributed by atoms with E-state index in [4.69, 9.17) is 5.73 Å². The Morgan fingerprint density at radius 3 is 2.52 bits per heavy atom. The maximum atomic E-state index is 13.2. The van der Waals surface area contributed by atoms with Gasteiger partial charge in [-0.3, -0.25) is 19.7 Å². The van der Waals surface area contributed by atoms with Crippen LogP contribution in [-0.2, 0) is 20.8 Å². The monoisotopic (exact) mass is 403 g/mol. The van der Waals surface area contributed by atoms with E-state index in [0.29, 0.717) is 38.8 Å². The van der Waals surface area contributed by atoms with Crippen molar-refractivity contribution in [2.45, 2.75) is 70.0 Å². The first-order valence-corrected chi connectivity index (χ1v) is 10.5. The molecule has 1 fully saturated rings. The summed E-state index contributed by atoms with van der Waals surface area (Å²) in [4.78, 5) is 38.5. The van der Waals surface area contributed by atoms with E-state index >= 15 is 0 Å². The molecule has 1 heterocycles. The molecule has 4 N–H and O–H groups in total. The van der Waals surface area contributed by atoms with Gasteiger partial charge in [-0.25, -0.2) is 0 Å². The summed E-state index contributed by atoms with van der Waals surface area (Å²) >= 11 is 0. The highest BCUT2D eigenvalue weighted by Gasteiger charge is 2.36. The standard InChI is InChI=1S/C22H33N3O4/c1-16(26)20-11-7-15-25(20)21(27)18(10-5-6-14-23)24-19(22(28)29)13-12-17-8-3-2-4-9-17/h2-4,8-9,18-20,24H,5-7,10-15,23H2,1H3,(H,28,29)/t18-,19-,20-/m0/s1. The highest BCUT2D eigenvalue weighted by molar-refractivity contribution is 5.90. The Labute approximate surface area is 172 Å². The molecule has 0 saturated carbocycles. The van der Waals surface area contributed by atoms with Gasteiger partial charge in [0.2, 0.25) is 5.91 Å². The predicted molar refractivity (Wildman–Crippen MR) is 111 cm³/mol. The summed E-state index contributed by atoms with van der Waals surface area (Å²) in [6.07, 6.45) is 4.46. The summed E-state index contributed by atoms with van der Waals surface area (Å²) in [6.45, 7) is 2.57. The maximum Gasteiger partial charge on any atom is 0.320 e. The summed E-state index contributed by atoms with van der Waals surface area (Å²) in [5.74, 6) is -1.16. The molecule has 1 saturated heterocycles. The first kappa shape index (κ1) is 23.0. The lowest BCUT2D eigenvalue weighted by molar-refractivity contribution is -0.142. The van der Waals surface area contributed by atoms with Crippen molar-refractivity contribution in [1.29, 1.82) is 0 Å². The minimum atomic E-state index is -0.970. The fourth-order valence-electron chi connectivity index (χ4n) is 3.90. The van der Waals surface area contributed by atoms with Crippen molar-refractivity contribution < 1.29 is 19.5 Å². The van der Waals surface area contributed by atoms with E-state index < -0.39 is 24.1 Å². The number of Topliss-reactive ketones (excluding diaryl/α,β-unsaturated/α-hetero) is 1. The normalized spacial score (nSPS) is 18.4. The van der Waals surface area contributed by atoms with Crippen molar-refractivity contribution >= 4 is 17.7 Å². The lowest BCUT2D eigenvalue weighted by atomic mass is 10.0. The average molecular weight is 404 g/mol. The molecule has 29 heavy (non-hydrogen) atoms. The molecule has 1 aromatic rings. The number of likely N-dealkylation sites (tertiary alicyclic amines) is 1. The van der Waals surface area contributed by atoms with Crippen molar-refractivity contribution in [1.82, 2.24) is 10.2 Å². The number of carboxylic acids is 1. The molecule has 1 aromatic carbocycles. The minimum Gasteiger partial charge on any atom is -0.480 e. The predicted octanol–water partition coefficient (Wildman–Crippen LogP) is 1.74. The molecule has 0 unspecified atom stereocenters. The molecule has 1 aliphatic heterocycles. The van der Waals surface area contributed by atoms with Crippen molar-refractivity contribution in [2.24, 2.45) is 5.73 Å². The lowest BCUT2D eigenvalue weighted by Gasteiger charge is -2.30. The van der Waals surface area contributed by atoms with Crippen LogP contribution in [0.2, 0.25) is 0 Å². The van der Waals surface area contributed by atoms with Crippen molar-refractivity contribution in [2.75, 3.05) is 13.1 Å². The van der Waals surface area contributed by atoms with E-state index in [1.54, 1.807) is 4.90 Å². The number of carboxylic acid groups (broad SMARTS) is 1. The fourth-order valence-corrected chi connectivity index (χ4v) is 3.90. The van der Waals surface area contributed by atoms with Crippen LogP contribution >= 0.6 is 0 Å². The molecule has 7 nitrogen and oxygen atoms in total. The molecule has 160 valence electrons. The zero-order valence-electron chi connectivity index (χ0n) is 17.2. The first-order chi connectivity index (χ1) is 13.9. The van der Waals surface area contributed by atoms with Crippen LogP contribution in [0.1, 0.15) is 51.0 Å². The quantitative estimate of drug-likeness (QED) is 0.458. The SMILES string of the molecule is CC(=O)[C@@H]1CCCN1C(=O)[C@H](CCCCN)N[C@@H](CCc1ccccc1)C(=O)O. The van der Waals surface area contributed by atoms with Gasteiger partial charge in [0.25, 0.3) is 0 Å². The Morgan fingerprint density at radius 1 is 1.17 bits per heavy atom. The van der Waals surface area contributed by atoms with Gasteiger partial charge in [-0.2, -0.15) is 0 Å². The number of unbranched alkanes of at least 4 members (excludes halogenated alkanes) is 1.